The molecule has 1 aliphatic rings. The summed E-state index contributed by atoms with van der Waals surface area (Å²) in [5.74, 6) is -2.61. The normalized spacial score (nSPS) is 23.6. The maximum atomic E-state index is 13.8. The summed E-state index contributed by atoms with van der Waals surface area (Å²) in [6.45, 7) is 2.89. The van der Waals surface area contributed by atoms with Crippen molar-refractivity contribution in [2.24, 2.45) is 5.92 Å². The first kappa shape index (κ1) is 13.9. The number of hydrogen-bond acceptors (Lipinski definition) is 3. The molecule has 0 N–H and O–H groups in total. The molecule has 1 fully saturated rings. The van der Waals surface area contributed by atoms with E-state index in [0.29, 0.717) is 13.1 Å². The maximum absolute atomic E-state index is 13.8. The highest BCUT2D eigenvalue weighted by molar-refractivity contribution is 5.74. The molecule has 3 nitrogen and oxygen atoms in total. The Bertz CT molecular complexity index is 458. The predicted molar refractivity (Wildman–Crippen MR) is 66.7 cm³/mol. The number of hydrogen-bond donors (Lipinski definition) is 0. The van der Waals surface area contributed by atoms with Crippen LogP contribution in [0.1, 0.15) is 18.4 Å². The van der Waals surface area contributed by atoms with Crippen LogP contribution in [0.4, 0.5) is 8.78 Å². The van der Waals surface area contributed by atoms with Gasteiger partial charge >= 0.3 is 5.97 Å². The van der Waals surface area contributed by atoms with Crippen molar-refractivity contribution in [3.63, 3.8) is 0 Å². The van der Waals surface area contributed by atoms with Gasteiger partial charge in [0.1, 0.15) is 11.6 Å². The van der Waals surface area contributed by atoms with Crippen LogP contribution >= 0.6 is 0 Å². The van der Waals surface area contributed by atoms with Gasteiger partial charge < -0.3 is 9.64 Å². The first-order valence-electron chi connectivity index (χ1n) is 6.33. The second kappa shape index (κ2) is 5.65. The molecule has 104 valence electrons. The van der Waals surface area contributed by atoms with Gasteiger partial charge in [-0.25, -0.2) is 8.78 Å². The SMILES string of the molecule is CCOC(=O)C1CN(C)CC1c1c(F)cccc1F. The highest BCUT2D eigenvalue weighted by atomic mass is 19.1. The smallest absolute Gasteiger partial charge is 0.310 e. The van der Waals surface area contributed by atoms with E-state index in [4.69, 9.17) is 4.74 Å². The molecule has 2 unspecified atom stereocenters. The van der Waals surface area contributed by atoms with E-state index in [1.54, 1.807) is 6.92 Å². The maximum Gasteiger partial charge on any atom is 0.310 e. The summed E-state index contributed by atoms with van der Waals surface area (Å²) in [7, 11) is 1.82. The van der Waals surface area contributed by atoms with E-state index in [-0.39, 0.29) is 18.1 Å². The number of esters is 1. The van der Waals surface area contributed by atoms with E-state index < -0.39 is 23.5 Å². The van der Waals surface area contributed by atoms with Crippen LogP contribution in [0.3, 0.4) is 0 Å². The van der Waals surface area contributed by atoms with E-state index >= 15 is 0 Å². The lowest BCUT2D eigenvalue weighted by atomic mass is 9.88. The number of benzene rings is 1. The molecular formula is C14H17F2NO2. The van der Waals surface area contributed by atoms with Crippen LogP contribution in [0.25, 0.3) is 0 Å². The highest BCUT2D eigenvalue weighted by Gasteiger charge is 2.40. The van der Waals surface area contributed by atoms with Gasteiger partial charge in [-0.15, -0.1) is 0 Å². The van der Waals surface area contributed by atoms with Crippen LogP contribution in [0.15, 0.2) is 18.2 Å². The Balaban J connectivity index is 2.33. The Morgan fingerprint density at radius 2 is 2.00 bits per heavy atom. The van der Waals surface area contributed by atoms with Gasteiger partial charge in [-0.2, -0.15) is 0 Å². The van der Waals surface area contributed by atoms with Crippen molar-refractivity contribution in [3.05, 3.63) is 35.4 Å². The van der Waals surface area contributed by atoms with Crippen LogP contribution in [0.2, 0.25) is 0 Å². The van der Waals surface area contributed by atoms with E-state index in [0.717, 1.165) is 0 Å². The lowest BCUT2D eigenvalue weighted by molar-refractivity contribution is -0.148. The number of ether oxygens (including phenoxy) is 1. The Morgan fingerprint density at radius 1 is 1.37 bits per heavy atom. The molecule has 0 spiro atoms. The second-order valence-electron chi connectivity index (χ2n) is 4.82. The van der Waals surface area contributed by atoms with Crippen molar-refractivity contribution < 1.29 is 18.3 Å². The summed E-state index contributed by atoms with van der Waals surface area (Å²) in [4.78, 5) is 13.8. The minimum Gasteiger partial charge on any atom is -0.466 e. The Labute approximate surface area is 111 Å². The summed E-state index contributed by atoms with van der Waals surface area (Å²) in [6.07, 6.45) is 0. The molecular weight excluding hydrogens is 252 g/mol. The number of carbonyl (C=O) groups excluding carboxylic acids is 1. The minimum absolute atomic E-state index is 0.00935. The summed E-state index contributed by atoms with van der Waals surface area (Å²) in [5, 5.41) is 0. The molecule has 0 aliphatic carbocycles. The topological polar surface area (TPSA) is 29.5 Å². The Hall–Kier alpha value is -1.49. The Morgan fingerprint density at radius 3 is 2.58 bits per heavy atom. The molecule has 5 heteroatoms. The van der Waals surface area contributed by atoms with Gasteiger partial charge in [0.05, 0.1) is 12.5 Å². The molecule has 2 rings (SSSR count). The Kier molecular flexibility index (Phi) is 4.14. The molecule has 19 heavy (non-hydrogen) atoms. The molecule has 0 amide bonds. The summed E-state index contributed by atoms with van der Waals surface area (Å²) in [5.41, 5.74) is -0.00935. The second-order valence-corrected chi connectivity index (χ2v) is 4.82. The zero-order valence-corrected chi connectivity index (χ0v) is 11.0. The molecule has 0 radical (unpaired) electrons. The van der Waals surface area contributed by atoms with Gasteiger partial charge in [0.15, 0.2) is 0 Å². The predicted octanol–water partition coefficient (Wildman–Crippen LogP) is 2.17. The number of likely N-dealkylation sites (tertiary alicyclic amines) is 1. The van der Waals surface area contributed by atoms with Crippen LogP contribution < -0.4 is 0 Å². The number of likely N-dealkylation sites (N-methyl/N-ethyl adjacent to an activating group) is 1. The summed E-state index contributed by atoms with van der Waals surface area (Å²) in [6, 6.07) is 3.77. The van der Waals surface area contributed by atoms with Crippen LogP contribution in [-0.2, 0) is 9.53 Å². The van der Waals surface area contributed by atoms with Crippen molar-refractivity contribution in [1.82, 2.24) is 4.90 Å². The van der Waals surface area contributed by atoms with E-state index in [1.807, 2.05) is 11.9 Å². The van der Waals surface area contributed by atoms with Crippen molar-refractivity contribution in [2.75, 3.05) is 26.7 Å². The van der Waals surface area contributed by atoms with Gasteiger partial charge in [0, 0.05) is 24.6 Å². The third-order valence-electron chi connectivity index (χ3n) is 3.46. The lowest BCUT2D eigenvalue weighted by Gasteiger charge is -2.18. The monoisotopic (exact) mass is 269 g/mol. The fourth-order valence-electron chi connectivity index (χ4n) is 2.65. The number of nitrogens with zero attached hydrogens (tertiary/aromatic N) is 1. The van der Waals surface area contributed by atoms with Crippen molar-refractivity contribution in [3.8, 4) is 0 Å². The van der Waals surface area contributed by atoms with Crippen LogP contribution in [-0.4, -0.2) is 37.6 Å². The molecule has 1 aliphatic heterocycles. The fraction of sp³-hybridized carbons (Fsp3) is 0.500. The standard InChI is InChI=1S/C14H17F2NO2/c1-3-19-14(18)10-8-17(2)7-9(10)13-11(15)5-4-6-12(13)16/h4-6,9-10H,3,7-8H2,1-2H3. The van der Waals surface area contributed by atoms with Gasteiger partial charge in [0.2, 0.25) is 0 Å². The fourth-order valence-corrected chi connectivity index (χ4v) is 2.65. The third kappa shape index (κ3) is 2.76. The highest BCUT2D eigenvalue weighted by Crippen LogP contribution is 2.35. The zero-order chi connectivity index (χ0) is 14.0. The van der Waals surface area contributed by atoms with Crippen molar-refractivity contribution in [1.29, 1.82) is 0 Å². The van der Waals surface area contributed by atoms with Gasteiger partial charge in [-0.1, -0.05) is 6.07 Å². The molecule has 1 heterocycles. The minimum atomic E-state index is -0.602. The first-order chi connectivity index (χ1) is 9.04. The largest absolute Gasteiger partial charge is 0.466 e. The quantitative estimate of drug-likeness (QED) is 0.788. The molecule has 1 aromatic rings. The first-order valence-corrected chi connectivity index (χ1v) is 6.33. The van der Waals surface area contributed by atoms with E-state index in [2.05, 4.69) is 0 Å². The molecule has 0 saturated carbocycles. The number of carbonyl (C=O) groups is 1. The van der Waals surface area contributed by atoms with Gasteiger partial charge in [0.25, 0.3) is 0 Å². The number of halogens is 2. The molecule has 1 saturated heterocycles. The van der Waals surface area contributed by atoms with Crippen LogP contribution in [0, 0.1) is 17.6 Å². The van der Waals surface area contributed by atoms with Crippen molar-refractivity contribution >= 4 is 5.97 Å². The van der Waals surface area contributed by atoms with Gasteiger partial charge in [-0.3, -0.25) is 4.79 Å². The summed E-state index contributed by atoms with van der Waals surface area (Å²) < 4.78 is 32.7. The molecule has 0 bridgehead atoms. The van der Waals surface area contributed by atoms with Crippen LogP contribution in [0.5, 0.6) is 0 Å². The zero-order valence-electron chi connectivity index (χ0n) is 11.0. The third-order valence-corrected chi connectivity index (χ3v) is 3.46. The molecule has 0 aromatic heterocycles. The van der Waals surface area contributed by atoms with Gasteiger partial charge in [-0.05, 0) is 26.1 Å². The van der Waals surface area contributed by atoms with E-state index in [1.165, 1.54) is 18.2 Å². The lowest BCUT2D eigenvalue weighted by Crippen LogP contribution is -2.25. The number of rotatable bonds is 3. The van der Waals surface area contributed by atoms with E-state index in [9.17, 15) is 13.6 Å². The van der Waals surface area contributed by atoms with Crippen molar-refractivity contribution in [2.45, 2.75) is 12.8 Å². The average Bonchev–Trinajstić information content (AvgIpc) is 2.71. The summed E-state index contributed by atoms with van der Waals surface area (Å²) >= 11 is 0. The molecule has 1 aromatic carbocycles. The molecule has 2 atom stereocenters. The average molecular weight is 269 g/mol.